The number of hydrogen-bond acceptors (Lipinski definition) is 3. The number of benzene rings is 2. The van der Waals surface area contributed by atoms with Gasteiger partial charge in [-0.15, -0.1) is 0 Å². The SMILES string of the molecule is O=C(c1ccccc1)[C]12[CH]3[CH]4[C]5(CO)[C]1(C(=O)c1ccccc1)[Fe]43521678[CH]2[CH]1[CH]6[CH]7[CH]28. The summed E-state index contributed by atoms with van der Waals surface area (Å²) in [6.07, 6.45) is 0. The number of carbonyl (C=O) groups is 2. The number of Topliss-reactive ketones (excluding diaryl/α,β-unsaturated/α-hetero) is 2. The first-order chi connectivity index (χ1) is 13.9. The second-order valence-electron chi connectivity index (χ2n) is 13.5. The van der Waals surface area contributed by atoms with Crippen LogP contribution < -0.4 is 0 Å². The van der Waals surface area contributed by atoms with Crippen LogP contribution in [0.4, 0.5) is 0 Å². The molecule has 0 saturated carbocycles. The van der Waals surface area contributed by atoms with Crippen LogP contribution in [0.3, 0.4) is 0 Å². The first-order valence-electron chi connectivity index (χ1n) is 10.9. The van der Waals surface area contributed by atoms with Crippen molar-refractivity contribution in [1.82, 2.24) is 0 Å². The van der Waals surface area contributed by atoms with Crippen molar-refractivity contribution in [2.24, 2.45) is 0 Å². The minimum absolute atomic E-state index is 0.0846. The van der Waals surface area contributed by atoms with Crippen LogP contribution in [0.25, 0.3) is 0 Å². The number of rotatable bonds is 5. The third-order valence-electron chi connectivity index (χ3n) is 18.3. The van der Waals surface area contributed by atoms with Crippen LogP contribution in [0.1, 0.15) is 20.7 Å². The number of ketones is 2. The van der Waals surface area contributed by atoms with Crippen LogP contribution in [0.5, 0.6) is 0 Å². The molecule has 10 aliphatic rings. The molecule has 12 rings (SSSR count). The summed E-state index contributed by atoms with van der Waals surface area (Å²) in [7, 11) is 0. The van der Waals surface area contributed by atoms with Crippen molar-refractivity contribution in [2.75, 3.05) is 6.61 Å². The summed E-state index contributed by atoms with van der Waals surface area (Å²) < 4.78 is -0.806. The fourth-order valence-electron chi connectivity index (χ4n) is 20.7. The molecule has 2 aromatic rings. The number of aliphatic hydroxyl groups is 1. The molecular weight excluding hydrogens is 404 g/mol. The van der Waals surface area contributed by atoms with E-state index in [1.54, 1.807) is 0 Å². The second-order valence-corrected chi connectivity index (χ2v) is 36.5. The topological polar surface area (TPSA) is 54.4 Å². The molecule has 1 N–H and O–H groups in total. The van der Waals surface area contributed by atoms with Gasteiger partial charge >= 0.3 is 158 Å². The summed E-state index contributed by atoms with van der Waals surface area (Å²) >= 11 is 0. The standard InChI is InChI=1S/C20H15O3.C5H5.Fe/c21-13-16-11-12-17(19(22)14-7-3-1-4-8-14)18(16)20(23)15-9-5-2-6-10-15;1-2-4-5-3-1;/h1-12,21H,13H2;1-5H;. The van der Waals surface area contributed by atoms with Gasteiger partial charge in [0.1, 0.15) is 0 Å². The molecule has 10 heterocycles. The van der Waals surface area contributed by atoms with Crippen LogP contribution in [0.2, 0.25) is 46.7 Å². The molecule has 4 heteroatoms. The zero-order valence-electron chi connectivity index (χ0n) is 15.6. The van der Waals surface area contributed by atoms with E-state index >= 15 is 0 Å². The normalized spacial score (nSPS) is 79.4. The Balaban J connectivity index is 1.30. The molecule has 5 unspecified atom stereocenters. The van der Waals surface area contributed by atoms with E-state index in [1.165, 1.54) is 0 Å². The summed E-state index contributed by atoms with van der Waals surface area (Å²) in [5.41, 5.74) is 1.63. The van der Waals surface area contributed by atoms with Gasteiger partial charge < -0.3 is 0 Å². The van der Waals surface area contributed by atoms with Gasteiger partial charge in [0, 0.05) is 0 Å². The van der Waals surface area contributed by atoms with Crippen LogP contribution in [-0.4, -0.2) is 23.3 Å². The Morgan fingerprint density at radius 2 is 1.24 bits per heavy atom. The van der Waals surface area contributed by atoms with Crippen molar-refractivity contribution in [3.05, 3.63) is 71.8 Å². The molecule has 146 valence electrons. The minimum atomic E-state index is -4.55. The quantitative estimate of drug-likeness (QED) is 0.527. The Kier molecular flexibility index (Phi) is 0.670. The van der Waals surface area contributed by atoms with Crippen molar-refractivity contribution in [3.8, 4) is 0 Å². The first-order valence-corrected chi connectivity index (χ1v) is 17.1. The van der Waals surface area contributed by atoms with E-state index in [4.69, 9.17) is 0 Å². The van der Waals surface area contributed by atoms with Gasteiger partial charge in [-0.05, 0) is 0 Å². The monoisotopic (exact) mass is 424 g/mol. The van der Waals surface area contributed by atoms with Gasteiger partial charge in [-0.2, -0.15) is 0 Å². The van der Waals surface area contributed by atoms with Crippen LogP contribution in [-0.2, 0) is 6.51 Å². The molecule has 2 aromatic carbocycles. The number of carbonyl (C=O) groups excluding carboxylic acids is 2. The number of fused-ring (bicyclic) bond motifs is 10. The molecule has 10 aliphatic heterocycles. The maximum atomic E-state index is 14.5. The van der Waals surface area contributed by atoms with Gasteiger partial charge in [0.25, 0.3) is 0 Å². The van der Waals surface area contributed by atoms with Gasteiger partial charge in [-0.25, -0.2) is 0 Å². The van der Waals surface area contributed by atoms with Crippen LogP contribution >= 0.6 is 0 Å². The summed E-state index contributed by atoms with van der Waals surface area (Å²) in [4.78, 5) is 33.9. The predicted octanol–water partition coefficient (Wildman–Crippen LogP) is 5.24. The molecule has 0 amide bonds. The fourth-order valence-corrected chi connectivity index (χ4v) is 98.3. The Morgan fingerprint density at radius 1 is 0.759 bits per heavy atom. The molecule has 0 radical (unpaired) electrons. The van der Waals surface area contributed by atoms with E-state index < -0.39 is 10.8 Å². The Hall–Kier alpha value is -1.74. The molecular formula is C25H20FeO3. The summed E-state index contributed by atoms with van der Waals surface area (Å²) in [6.45, 7) is -4.36. The second kappa shape index (κ2) is 1.51. The van der Waals surface area contributed by atoms with Crippen molar-refractivity contribution in [1.29, 1.82) is 0 Å². The van der Waals surface area contributed by atoms with E-state index in [0.717, 1.165) is 35.2 Å². The number of aliphatic hydroxyl groups excluding tert-OH is 1. The third kappa shape index (κ3) is 0.200. The van der Waals surface area contributed by atoms with E-state index in [9.17, 15) is 14.7 Å². The van der Waals surface area contributed by atoms with Crippen molar-refractivity contribution >= 4 is 11.6 Å². The fraction of sp³-hybridized carbons (Fsp3) is 0.440. The molecule has 3 nitrogen and oxygen atoms in total. The van der Waals surface area contributed by atoms with Gasteiger partial charge in [0.15, 0.2) is 0 Å². The third-order valence-corrected chi connectivity index (χ3v) is 62.0. The summed E-state index contributed by atoms with van der Waals surface area (Å²) in [5, 5.41) is 11.0. The number of hydrogen-bond donors (Lipinski definition) is 1. The molecule has 29 heavy (non-hydrogen) atoms. The zero-order valence-corrected chi connectivity index (χ0v) is 16.7. The zero-order chi connectivity index (χ0) is 18.9. The van der Waals surface area contributed by atoms with Crippen molar-refractivity contribution < 1.29 is 21.2 Å². The first kappa shape index (κ1) is 12.8. The molecule has 5 atom stereocenters. The average molecular weight is 424 g/mol. The van der Waals surface area contributed by atoms with Gasteiger partial charge in [0.2, 0.25) is 0 Å². The van der Waals surface area contributed by atoms with E-state index in [1.807, 2.05) is 60.7 Å². The molecule has 0 aromatic heterocycles. The molecule has 1 spiro atoms. The molecule has 10 fully saturated rings. The molecule has 0 bridgehead atoms. The van der Waals surface area contributed by atoms with Crippen molar-refractivity contribution in [3.63, 3.8) is 0 Å². The van der Waals surface area contributed by atoms with Crippen molar-refractivity contribution in [2.45, 2.75) is 46.7 Å². The van der Waals surface area contributed by atoms with Crippen LogP contribution in [0, 0.1) is 0 Å². The van der Waals surface area contributed by atoms with E-state index in [2.05, 4.69) is 0 Å². The average Bonchev–Trinajstić information content (AvgIpc) is 3.73. The Bertz CT molecular complexity index is 1720. The molecule has 0 aliphatic carbocycles. The summed E-state index contributed by atoms with van der Waals surface area (Å²) in [6, 6.07) is 19.6. The van der Waals surface area contributed by atoms with E-state index in [-0.39, 0.29) is 21.0 Å². The van der Waals surface area contributed by atoms with Gasteiger partial charge in [-0.3, -0.25) is 0 Å². The van der Waals surface area contributed by atoms with Gasteiger partial charge in [-0.1, -0.05) is 0 Å². The Labute approximate surface area is 157 Å². The molecule has 10 saturated heterocycles. The Morgan fingerprint density at radius 3 is 1.69 bits per heavy atom. The predicted molar refractivity (Wildman–Crippen MR) is 103 cm³/mol. The van der Waals surface area contributed by atoms with E-state index in [0.29, 0.717) is 15.4 Å². The van der Waals surface area contributed by atoms with Gasteiger partial charge in [0.05, 0.1) is 0 Å². The summed E-state index contributed by atoms with van der Waals surface area (Å²) in [5.74, 6) is 0.615. The van der Waals surface area contributed by atoms with Crippen LogP contribution in [0.15, 0.2) is 60.7 Å². The maximum absolute atomic E-state index is 14.5.